The predicted molar refractivity (Wildman–Crippen MR) is 127 cm³/mol. The van der Waals surface area contributed by atoms with Crippen molar-refractivity contribution in [3.05, 3.63) is 81.8 Å². The van der Waals surface area contributed by atoms with Gasteiger partial charge in [0.1, 0.15) is 5.75 Å². The largest absolute Gasteiger partial charge is 0.493 e. The second-order valence-electron chi connectivity index (χ2n) is 7.71. The number of hydrogen-bond acceptors (Lipinski definition) is 4. The number of piperidine rings is 1. The smallest absolute Gasteiger partial charge is 0.321 e. The molecule has 1 saturated heterocycles. The molecule has 2 aromatic heterocycles. The van der Waals surface area contributed by atoms with Crippen molar-refractivity contribution in [2.24, 2.45) is 0 Å². The van der Waals surface area contributed by atoms with E-state index in [1.807, 2.05) is 36.1 Å². The van der Waals surface area contributed by atoms with Crippen molar-refractivity contribution in [1.29, 1.82) is 0 Å². The molecule has 3 heterocycles. The van der Waals surface area contributed by atoms with Gasteiger partial charge in [-0.2, -0.15) is 11.3 Å². The third-order valence-electron chi connectivity index (χ3n) is 5.32. The summed E-state index contributed by atoms with van der Waals surface area (Å²) in [7, 11) is 0. The van der Waals surface area contributed by atoms with Gasteiger partial charge in [0.05, 0.1) is 18.5 Å². The third-order valence-corrected chi connectivity index (χ3v) is 6.06. The summed E-state index contributed by atoms with van der Waals surface area (Å²) in [5.74, 6) is 0.896. The SMILES string of the molecule is Cc1ccc(NC(=O)N2CCC(=Cc3cccc(OCCc4ccsc4)c3)CC2)cn1. The topological polar surface area (TPSA) is 54.5 Å². The molecule has 2 amide bonds. The van der Waals surface area contributed by atoms with Gasteiger partial charge in [0.25, 0.3) is 0 Å². The van der Waals surface area contributed by atoms with Gasteiger partial charge in [-0.15, -0.1) is 0 Å². The molecule has 1 aliphatic rings. The number of carbonyl (C=O) groups excluding carboxylic acids is 1. The Balaban J connectivity index is 1.27. The summed E-state index contributed by atoms with van der Waals surface area (Å²) in [6.45, 7) is 4.04. The number of hydrogen-bond donors (Lipinski definition) is 1. The molecule has 0 aliphatic carbocycles. The first-order valence-corrected chi connectivity index (χ1v) is 11.5. The number of aromatic nitrogens is 1. The van der Waals surface area contributed by atoms with Crippen LogP contribution in [0.3, 0.4) is 0 Å². The summed E-state index contributed by atoms with van der Waals surface area (Å²) < 4.78 is 5.93. The van der Waals surface area contributed by atoms with E-state index in [-0.39, 0.29) is 6.03 Å². The van der Waals surface area contributed by atoms with E-state index in [0.717, 1.165) is 42.0 Å². The minimum absolute atomic E-state index is 0.0641. The van der Waals surface area contributed by atoms with Gasteiger partial charge in [0.2, 0.25) is 0 Å². The van der Waals surface area contributed by atoms with Crippen molar-refractivity contribution < 1.29 is 9.53 Å². The van der Waals surface area contributed by atoms with Gasteiger partial charge < -0.3 is 15.0 Å². The molecule has 4 rings (SSSR count). The average Bonchev–Trinajstić information content (AvgIpc) is 3.30. The van der Waals surface area contributed by atoms with E-state index in [9.17, 15) is 4.79 Å². The number of nitrogens with zero attached hydrogens (tertiary/aromatic N) is 2. The molecule has 6 heteroatoms. The lowest BCUT2D eigenvalue weighted by molar-refractivity contribution is 0.208. The van der Waals surface area contributed by atoms with Crippen LogP contribution in [0.1, 0.15) is 29.7 Å². The number of likely N-dealkylation sites (tertiary alicyclic amines) is 1. The standard InChI is InChI=1S/C25H27N3O2S/c1-19-5-6-23(17-26-19)27-25(29)28-11-7-20(8-12-28)15-22-3-2-4-24(16-22)30-13-9-21-10-14-31-18-21/h2-6,10,14-18H,7-9,11-13H2,1H3,(H,27,29). The Morgan fingerprint density at radius 1 is 1.23 bits per heavy atom. The van der Waals surface area contributed by atoms with Crippen LogP contribution < -0.4 is 10.1 Å². The summed E-state index contributed by atoms with van der Waals surface area (Å²) in [6, 6.07) is 14.1. The lowest BCUT2D eigenvalue weighted by Gasteiger charge is -2.28. The number of rotatable bonds is 6. The van der Waals surface area contributed by atoms with Gasteiger partial charge in [-0.05, 0) is 72.0 Å². The summed E-state index contributed by atoms with van der Waals surface area (Å²) >= 11 is 1.72. The number of urea groups is 1. The van der Waals surface area contributed by atoms with Crippen molar-refractivity contribution in [3.8, 4) is 5.75 Å². The Morgan fingerprint density at radius 2 is 2.10 bits per heavy atom. The molecule has 5 nitrogen and oxygen atoms in total. The lowest BCUT2D eigenvalue weighted by Crippen LogP contribution is -2.39. The quantitative estimate of drug-likeness (QED) is 0.536. The second-order valence-corrected chi connectivity index (χ2v) is 8.49. The van der Waals surface area contributed by atoms with Crippen LogP contribution in [0.2, 0.25) is 0 Å². The predicted octanol–water partition coefficient (Wildman–Crippen LogP) is 5.78. The molecule has 0 saturated carbocycles. The zero-order valence-electron chi connectivity index (χ0n) is 17.7. The van der Waals surface area contributed by atoms with Crippen LogP contribution in [0.25, 0.3) is 6.08 Å². The number of thiophene rings is 1. The van der Waals surface area contributed by atoms with Crippen LogP contribution in [0.4, 0.5) is 10.5 Å². The van der Waals surface area contributed by atoms with Crippen LogP contribution in [-0.2, 0) is 6.42 Å². The van der Waals surface area contributed by atoms with Crippen LogP contribution >= 0.6 is 11.3 Å². The highest BCUT2D eigenvalue weighted by Gasteiger charge is 2.19. The van der Waals surface area contributed by atoms with E-state index in [1.165, 1.54) is 11.1 Å². The first-order chi connectivity index (χ1) is 15.2. The fourth-order valence-corrected chi connectivity index (χ4v) is 4.24. The molecule has 0 radical (unpaired) electrons. The molecular formula is C25H27N3O2S. The maximum atomic E-state index is 12.5. The molecule has 0 spiro atoms. The van der Waals surface area contributed by atoms with Gasteiger partial charge >= 0.3 is 6.03 Å². The highest BCUT2D eigenvalue weighted by molar-refractivity contribution is 7.07. The number of ether oxygens (including phenoxy) is 1. The highest BCUT2D eigenvalue weighted by atomic mass is 32.1. The minimum Gasteiger partial charge on any atom is -0.493 e. The average molecular weight is 434 g/mol. The van der Waals surface area contributed by atoms with E-state index in [2.05, 4.69) is 45.3 Å². The molecule has 0 bridgehead atoms. The molecule has 3 aromatic rings. The normalized spacial score (nSPS) is 13.7. The number of amides is 2. The van der Waals surface area contributed by atoms with E-state index in [1.54, 1.807) is 17.5 Å². The monoisotopic (exact) mass is 433 g/mol. The first-order valence-electron chi connectivity index (χ1n) is 10.6. The summed E-state index contributed by atoms with van der Waals surface area (Å²) in [5, 5.41) is 7.18. The maximum Gasteiger partial charge on any atom is 0.321 e. The second kappa shape index (κ2) is 10.3. The Morgan fingerprint density at radius 3 is 2.84 bits per heavy atom. The van der Waals surface area contributed by atoms with E-state index < -0.39 is 0 Å². The molecule has 1 aromatic carbocycles. The van der Waals surface area contributed by atoms with Gasteiger partial charge in [0.15, 0.2) is 0 Å². The number of aryl methyl sites for hydroxylation is 1. The van der Waals surface area contributed by atoms with Crippen molar-refractivity contribution in [2.75, 3.05) is 25.0 Å². The van der Waals surface area contributed by atoms with Gasteiger partial charge in [-0.3, -0.25) is 4.98 Å². The maximum absolute atomic E-state index is 12.5. The van der Waals surface area contributed by atoms with Gasteiger partial charge in [-0.1, -0.05) is 23.8 Å². The fourth-order valence-electron chi connectivity index (χ4n) is 3.54. The Labute approximate surface area is 187 Å². The third kappa shape index (κ3) is 6.18. The molecule has 160 valence electrons. The molecule has 31 heavy (non-hydrogen) atoms. The van der Waals surface area contributed by atoms with Crippen LogP contribution in [0, 0.1) is 6.92 Å². The van der Waals surface area contributed by atoms with E-state index in [4.69, 9.17) is 4.74 Å². The first kappa shape index (κ1) is 21.1. The van der Waals surface area contributed by atoms with Gasteiger partial charge in [-0.25, -0.2) is 4.79 Å². The number of benzene rings is 1. The van der Waals surface area contributed by atoms with E-state index >= 15 is 0 Å². The minimum atomic E-state index is -0.0641. The number of nitrogens with one attached hydrogen (secondary N) is 1. The zero-order chi connectivity index (χ0) is 21.5. The van der Waals surface area contributed by atoms with E-state index in [0.29, 0.717) is 19.7 Å². The van der Waals surface area contributed by atoms with Crippen LogP contribution in [0.15, 0.2) is 65.0 Å². The Bertz CT molecular complexity index is 1020. The van der Waals surface area contributed by atoms with Crippen molar-refractivity contribution in [2.45, 2.75) is 26.2 Å². The summed E-state index contributed by atoms with van der Waals surface area (Å²) in [5.41, 5.74) is 5.48. The Hall–Kier alpha value is -3.12. The molecule has 0 atom stereocenters. The number of anilines is 1. The fraction of sp³-hybridized carbons (Fsp3) is 0.280. The van der Waals surface area contributed by atoms with Gasteiger partial charge in [0, 0.05) is 25.2 Å². The highest BCUT2D eigenvalue weighted by Crippen LogP contribution is 2.22. The number of carbonyl (C=O) groups is 1. The molecule has 0 unspecified atom stereocenters. The molecular weight excluding hydrogens is 406 g/mol. The van der Waals surface area contributed by atoms with Crippen molar-refractivity contribution >= 4 is 29.1 Å². The van der Waals surface area contributed by atoms with Crippen LogP contribution in [0.5, 0.6) is 5.75 Å². The molecule has 1 aliphatic heterocycles. The number of pyridine rings is 1. The van der Waals surface area contributed by atoms with Crippen molar-refractivity contribution in [1.82, 2.24) is 9.88 Å². The zero-order valence-corrected chi connectivity index (χ0v) is 18.5. The lowest BCUT2D eigenvalue weighted by atomic mass is 10.0. The summed E-state index contributed by atoms with van der Waals surface area (Å²) in [6.07, 6.45) is 6.60. The van der Waals surface area contributed by atoms with Crippen LogP contribution in [-0.4, -0.2) is 35.6 Å². The molecule has 1 N–H and O–H groups in total. The molecule has 1 fully saturated rings. The Kier molecular flexibility index (Phi) is 6.99. The summed E-state index contributed by atoms with van der Waals surface area (Å²) in [4.78, 5) is 18.6. The van der Waals surface area contributed by atoms with Crippen molar-refractivity contribution in [3.63, 3.8) is 0 Å².